The van der Waals surface area contributed by atoms with Gasteiger partial charge in [0, 0.05) is 10.9 Å². The third-order valence-electron chi connectivity index (χ3n) is 5.16. The van der Waals surface area contributed by atoms with E-state index in [1.807, 2.05) is 25.3 Å². The van der Waals surface area contributed by atoms with Gasteiger partial charge in [-0.1, -0.05) is 31.9 Å². The lowest BCUT2D eigenvalue weighted by atomic mass is 9.85. The Kier molecular flexibility index (Phi) is 5.84. The highest BCUT2D eigenvalue weighted by Crippen LogP contribution is 2.31. The first kappa shape index (κ1) is 19.4. The summed E-state index contributed by atoms with van der Waals surface area (Å²) in [6.45, 7) is 1.52. The second kappa shape index (κ2) is 8.12. The predicted octanol–water partition coefficient (Wildman–Crippen LogP) is 2.72. The van der Waals surface area contributed by atoms with Crippen LogP contribution in [0.2, 0.25) is 0 Å². The van der Waals surface area contributed by atoms with Crippen LogP contribution in [0.1, 0.15) is 32.6 Å². The van der Waals surface area contributed by atoms with E-state index in [1.54, 1.807) is 12.1 Å². The van der Waals surface area contributed by atoms with Gasteiger partial charge in [0.1, 0.15) is 6.54 Å². The Bertz CT molecular complexity index is 782. The SMILES string of the molecule is CSc1ccccc1NC(=O)CN1C(=O)C(=O)N([C@H]2CCCC[C@@H]2C)C1=O. The molecule has 1 aliphatic heterocycles. The maximum atomic E-state index is 12.7. The molecule has 27 heavy (non-hydrogen) atoms. The zero-order chi connectivity index (χ0) is 19.6. The molecule has 7 nitrogen and oxygen atoms in total. The van der Waals surface area contributed by atoms with Crippen LogP contribution in [0, 0.1) is 5.92 Å². The molecule has 1 saturated heterocycles. The molecular formula is C19H23N3O4S. The monoisotopic (exact) mass is 389 g/mol. The predicted molar refractivity (Wildman–Crippen MR) is 102 cm³/mol. The summed E-state index contributed by atoms with van der Waals surface area (Å²) in [6.07, 6.45) is 5.49. The third kappa shape index (κ3) is 3.85. The molecule has 0 radical (unpaired) electrons. The Balaban J connectivity index is 1.71. The number of nitrogens with zero attached hydrogens (tertiary/aromatic N) is 2. The van der Waals surface area contributed by atoms with E-state index in [9.17, 15) is 19.2 Å². The lowest BCUT2D eigenvalue weighted by molar-refractivity contribution is -0.145. The van der Waals surface area contributed by atoms with Crippen molar-refractivity contribution in [1.29, 1.82) is 0 Å². The minimum Gasteiger partial charge on any atom is -0.324 e. The minimum atomic E-state index is -0.925. The largest absolute Gasteiger partial charge is 0.334 e. The molecule has 1 aromatic rings. The number of rotatable bonds is 5. The van der Waals surface area contributed by atoms with Crippen molar-refractivity contribution in [2.45, 2.75) is 43.5 Å². The summed E-state index contributed by atoms with van der Waals surface area (Å²) in [7, 11) is 0. The fraction of sp³-hybridized carbons (Fsp3) is 0.474. The molecule has 8 heteroatoms. The zero-order valence-electron chi connectivity index (χ0n) is 15.4. The van der Waals surface area contributed by atoms with Crippen molar-refractivity contribution in [2.75, 3.05) is 18.1 Å². The van der Waals surface area contributed by atoms with Crippen LogP contribution in [-0.2, 0) is 14.4 Å². The molecular weight excluding hydrogens is 366 g/mol. The van der Waals surface area contributed by atoms with E-state index in [-0.39, 0.29) is 12.0 Å². The highest BCUT2D eigenvalue weighted by molar-refractivity contribution is 7.98. The van der Waals surface area contributed by atoms with Gasteiger partial charge in [-0.15, -0.1) is 11.8 Å². The number of hydrogen-bond acceptors (Lipinski definition) is 5. The van der Waals surface area contributed by atoms with Gasteiger partial charge in [0.05, 0.1) is 5.69 Å². The molecule has 0 bridgehead atoms. The van der Waals surface area contributed by atoms with Crippen molar-refractivity contribution in [2.24, 2.45) is 5.92 Å². The van der Waals surface area contributed by atoms with Gasteiger partial charge >= 0.3 is 17.8 Å². The fourth-order valence-electron chi connectivity index (χ4n) is 3.72. The van der Waals surface area contributed by atoms with Crippen LogP contribution in [0.15, 0.2) is 29.2 Å². The first-order valence-corrected chi connectivity index (χ1v) is 10.3. The van der Waals surface area contributed by atoms with Crippen LogP contribution < -0.4 is 5.32 Å². The third-order valence-corrected chi connectivity index (χ3v) is 5.96. The lowest BCUT2D eigenvalue weighted by Gasteiger charge is -2.34. The van der Waals surface area contributed by atoms with Gasteiger partial charge < -0.3 is 5.32 Å². The van der Waals surface area contributed by atoms with E-state index >= 15 is 0 Å². The summed E-state index contributed by atoms with van der Waals surface area (Å²) in [5.74, 6) is -2.10. The van der Waals surface area contributed by atoms with E-state index in [4.69, 9.17) is 0 Å². The molecule has 2 fully saturated rings. The quantitative estimate of drug-likeness (QED) is 0.475. The first-order valence-electron chi connectivity index (χ1n) is 9.06. The van der Waals surface area contributed by atoms with Crippen LogP contribution in [0.25, 0.3) is 0 Å². The van der Waals surface area contributed by atoms with Gasteiger partial charge in [-0.25, -0.2) is 9.69 Å². The summed E-state index contributed by atoms with van der Waals surface area (Å²) < 4.78 is 0. The molecule has 0 spiro atoms. The number of thioether (sulfide) groups is 1. The van der Waals surface area contributed by atoms with Crippen molar-refractivity contribution in [3.63, 3.8) is 0 Å². The van der Waals surface area contributed by atoms with E-state index < -0.39 is 30.3 Å². The number of carbonyl (C=O) groups is 4. The number of amides is 5. The van der Waals surface area contributed by atoms with Crippen LogP contribution in [0.4, 0.5) is 10.5 Å². The van der Waals surface area contributed by atoms with Gasteiger partial charge in [0.2, 0.25) is 5.91 Å². The van der Waals surface area contributed by atoms with Gasteiger partial charge in [0.15, 0.2) is 0 Å². The Hall–Kier alpha value is -2.35. The maximum absolute atomic E-state index is 12.7. The number of nitrogens with one attached hydrogen (secondary N) is 1. The van der Waals surface area contributed by atoms with Gasteiger partial charge in [-0.05, 0) is 37.1 Å². The van der Waals surface area contributed by atoms with Crippen LogP contribution in [-0.4, -0.2) is 52.4 Å². The molecule has 1 aromatic carbocycles. The average molecular weight is 389 g/mol. The molecule has 1 heterocycles. The summed E-state index contributed by atoms with van der Waals surface area (Å²) in [6, 6.07) is 6.31. The first-order chi connectivity index (χ1) is 12.9. The van der Waals surface area contributed by atoms with Crippen molar-refractivity contribution in [3.8, 4) is 0 Å². The number of hydrogen-bond donors (Lipinski definition) is 1. The van der Waals surface area contributed by atoms with Crippen LogP contribution in [0.5, 0.6) is 0 Å². The van der Waals surface area contributed by atoms with Crippen LogP contribution in [0.3, 0.4) is 0 Å². The van der Waals surface area contributed by atoms with E-state index in [2.05, 4.69) is 5.32 Å². The zero-order valence-corrected chi connectivity index (χ0v) is 16.3. The summed E-state index contributed by atoms with van der Waals surface area (Å²) in [5.41, 5.74) is 0.609. The van der Waals surface area contributed by atoms with E-state index in [1.165, 1.54) is 11.8 Å². The topological polar surface area (TPSA) is 86.8 Å². The Morgan fingerprint density at radius 1 is 1.15 bits per heavy atom. The van der Waals surface area contributed by atoms with Crippen molar-refractivity contribution < 1.29 is 19.2 Å². The van der Waals surface area contributed by atoms with Crippen molar-refractivity contribution in [3.05, 3.63) is 24.3 Å². The number of para-hydroxylation sites is 1. The van der Waals surface area contributed by atoms with Crippen molar-refractivity contribution in [1.82, 2.24) is 9.80 Å². The van der Waals surface area contributed by atoms with Gasteiger partial charge in [-0.3, -0.25) is 19.3 Å². The van der Waals surface area contributed by atoms with E-state index in [0.717, 1.165) is 34.0 Å². The highest BCUT2D eigenvalue weighted by atomic mass is 32.2. The van der Waals surface area contributed by atoms with Crippen LogP contribution >= 0.6 is 11.8 Å². The second-order valence-electron chi connectivity index (χ2n) is 6.93. The standard InChI is InChI=1S/C19H23N3O4S/c1-12-7-3-5-9-14(12)22-18(25)17(24)21(19(22)26)11-16(23)20-13-8-4-6-10-15(13)27-2/h4,6,8,10,12,14H,3,5,7,9,11H2,1-2H3,(H,20,23)/t12-,14-/m0/s1. The molecule has 3 rings (SSSR count). The fourth-order valence-corrected chi connectivity index (χ4v) is 4.27. The number of imide groups is 2. The maximum Gasteiger partial charge on any atom is 0.334 e. The number of urea groups is 1. The summed E-state index contributed by atoms with van der Waals surface area (Å²) in [4.78, 5) is 52.5. The Labute approximate surface area is 162 Å². The van der Waals surface area contributed by atoms with Crippen molar-refractivity contribution >= 4 is 41.2 Å². The van der Waals surface area contributed by atoms with Gasteiger partial charge in [0.25, 0.3) is 0 Å². The van der Waals surface area contributed by atoms with Gasteiger partial charge in [-0.2, -0.15) is 0 Å². The average Bonchev–Trinajstić information content (AvgIpc) is 2.86. The molecule has 0 unspecified atom stereocenters. The smallest absolute Gasteiger partial charge is 0.324 e. The lowest BCUT2D eigenvalue weighted by Crippen LogP contribution is -2.46. The molecule has 1 aliphatic carbocycles. The Morgan fingerprint density at radius 3 is 2.56 bits per heavy atom. The second-order valence-corrected chi connectivity index (χ2v) is 7.77. The molecule has 5 amide bonds. The normalized spacial score (nSPS) is 23.1. The number of benzene rings is 1. The molecule has 2 aliphatic rings. The molecule has 1 saturated carbocycles. The minimum absolute atomic E-state index is 0.154. The molecule has 0 aromatic heterocycles. The molecule has 2 atom stereocenters. The summed E-state index contributed by atoms with van der Waals surface area (Å²) in [5, 5.41) is 2.71. The molecule has 144 valence electrons. The number of carbonyl (C=O) groups excluding carboxylic acids is 4. The number of anilines is 1. The van der Waals surface area contributed by atoms with E-state index in [0.29, 0.717) is 12.1 Å². The highest BCUT2D eigenvalue weighted by Gasteiger charge is 2.49. The molecule has 1 N–H and O–H groups in total. The Morgan fingerprint density at radius 2 is 1.85 bits per heavy atom. The summed E-state index contributed by atoms with van der Waals surface area (Å²) >= 11 is 1.48.